The van der Waals surface area contributed by atoms with Crippen LogP contribution in [0.15, 0.2) is 12.4 Å². The Labute approximate surface area is 69.8 Å². The summed E-state index contributed by atoms with van der Waals surface area (Å²) in [6.45, 7) is 2.10. The molecule has 0 fully saturated rings. The van der Waals surface area contributed by atoms with Gasteiger partial charge in [0, 0.05) is 6.20 Å². The van der Waals surface area contributed by atoms with Gasteiger partial charge in [0.15, 0.2) is 0 Å². The molecule has 0 aliphatic heterocycles. The van der Waals surface area contributed by atoms with Crippen LogP contribution in [-0.4, -0.2) is 26.9 Å². The third kappa shape index (κ3) is 2.06. The molecule has 0 saturated heterocycles. The number of aliphatic carboxylic acids is 1. The molecule has 0 spiro atoms. The molecule has 0 aromatic carbocycles. The number of aromatic nitrogens is 2. The van der Waals surface area contributed by atoms with Gasteiger partial charge < -0.3 is 10.8 Å². The van der Waals surface area contributed by atoms with E-state index in [0.717, 1.165) is 5.56 Å². The quantitative estimate of drug-likeness (QED) is 0.645. The summed E-state index contributed by atoms with van der Waals surface area (Å²) in [7, 11) is 0. The molecule has 0 unspecified atom stereocenters. The van der Waals surface area contributed by atoms with Gasteiger partial charge in [0.25, 0.3) is 0 Å². The number of rotatable bonds is 3. The summed E-state index contributed by atoms with van der Waals surface area (Å²) in [5, 5.41) is 12.4. The summed E-state index contributed by atoms with van der Waals surface area (Å²) < 4.78 is 1.52. The molecule has 1 heterocycles. The van der Waals surface area contributed by atoms with Crippen LogP contribution in [0.4, 0.5) is 0 Å². The van der Waals surface area contributed by atoms with E-state index >= 15 is 0 Å². The van der Waals surface area contributed by atoms with Crippen molar-refractivity contribution in [2.45, 2.75) is 19.5 Å². The van der Waals surface area contributed by atoms with Crippen molar-refractivity contribution in [1.82, 2.24) is 9.78 Å². The number of hydrogen-bond acceptors (Lipinski definition) is 3. The van der Waals surface area contributed by atoms with Crippen molar-refractivity contribution in [2.75, 3.05) is 0 Å². The average Bonchev–Trinajstić information content (AvgIpc) is 2.35. The molecule has 5 nitrogen and oxygen atoms in total. The van der Waals surface area contributed by atoms with Gasteiger partial charge in [-0.1, -0.05) is 0 Å². The van der Waals surface area contributed by atoms with Gasteiger partial charge in [-0.15, -0.1) is 0 Å². The van der Waals surface area contributed by atoms with Crippen molar-refractivity contribution < 1.29 is 9.90 Å². The first-order valence-corrected chi connectivity index (χ1v) is 3.57. The van der Waals surface area contributed by atoms with E-state index in [4.69, 9.17) is 10.8 Å². The van der Waals surface area contributed by atoms with E-state index in [1.807, 2.05) is 6.92 Å². The van der Waals surface area contributed by atoms with Crippen molar-refractivity contribution in [1.29, 1.82) is 0 Å². The van der Waals surface area contributed by atoms with Gasteiger partial charge in [-0.25, -0.2) is 0 Å². The van der Waals surface area contributed by atoms with Crippen molar-refractivity contribution in [3.8, 4) is 0 Å². The van der Waals surface area contributed by atoms with Gasteiger partial charge in [-0.3, -0.25) is 9.48 Å². The number of aryl methyl sites for hydroxylation is 1. The molecule has 0 saturated carbocycles. The molecule has 5 heteroatoms. The van der Waals surface area contributed by atoms with Crippen LogP contribution in [-0.2, 0) is 11.3 Å². The molecule has 12 heavy (non-hydrogen) atoms. The normalized spacial score (nSPS) is 12.8. The van der Waals surface area contributed by atoms with Crippen LogP contribution in [0.2, 0.25) is 0 Å². The largest absolute Gasteiger partial charge is 0.480 e. The molecule has 0 aliphatic carbocycles. The van der Waals surface area contributed by atoms with Crippen LogP contribution < -0.4 is 5.73 Å². The van der Waals surface area contributed by atoms with Crippen molar-refractivity contribution >= 4 is 5.97 Å². The van der Waals surface area contributed by atoms with E-state index in [9.17, 15) is 4.79 Å². The third-order valence-electron chi connectivity index (χ3n) is 1.46. The minimum absolute atomic E-state index is 0.211. The molecular formula is C7H11N3O2. The van der Waals surface area contributed by atoms with Gasteiger partial charge in [0.2, 0.25) is 0 Å². The standard InChI is InChI=1S/C7H11N3O2/c1-5-2-9-10(3-5)4-6(8)7(11)12/h2-3,6H,4,8H2,1H3,(H,11,12)/t6-/m1/s1. The zero-order valence-electron chi connectivity index (χ0n) is 6.77. The lowest BCUT2D eigenvalue weighted by Crippen LogP contribution is -2.34. The van der Waals surface area contributed by atoms with Gasteiger partial charge in [-0.05, 0) is 12.5 Å². The molecule has 3 N–H and O–H groups in total. The second-order valence-electron chi connectivity index (χ2n) is 2.68. The Kier molecular flexibility index (Phi) is 2.44. The molecular weight excluding hydrogens is 158 g/mol. The highest BCUT2D eigenvalue weighted by Crippen LogP contribution is 1.95. The van der Waals surface area contributed by atoms with Gasteiger partial charge in [-0.2, -0.15) is 5.10 Å². The minimum atomic E-state index is -1.01. The van der Waals surface area contributed by atoms with Crippen LogP contribution in [0.3, 0.4) is 0 Å². The predicted octanol–water partition coefficient (Wildman–Crippen LogP) is -0.397. The SMILES string of the molecule is Cc1cnn(C[C@@H](N)C(=O)O)c1. The molecule has 66 valence electrons. The monoisotopic (exact) mass is 169 g/mol. The van der Waals surface area contributed by atoms with E-state index in [1.165, 1.54) is 4.68 Å². The second kappa shape index (κ2) is 3.36. The minimum Gasteiger partial charge on any atom is -0.480 e. The van der Waals surface area contributed by atoms with Crippen LogP contribution in [0.5, 0.6) is 0 Å². The van der Waals surface area contributed by atoms with Crippen LogP contribution in [0, 0.1) is 6.92 Å². The van der Waals surface area contributed by atoms with E-state index < -0.39 is 12.0 Å². The van der Waals surface area contributed by atoms with E-state index in [-0.39, 0.29) is 6.54 Å². The molecule has 0 amide bonds. The Morgan fingerprint density at radius 2 is 2.58 bits per heavy atom. The van der Waals surface area contributed by atoms with Crippen LogP contribution in [0.25, 0.3) is 0 Å². The second-order valence-corrected chi connectivity index (χ2v) is 2.68. The third-order valence-corrected chi connectivity index (χ3v) is 1.46. The molecule has 1 aromatic heterocycles. The lowest BCUT2D eigenvalue weighted by Gasteiger charge is -2.05. The molecule has 0 aliphatic rings. The average molecular weight is 169 g/mol. The van der Waals surface area contributed by atoms with Gasteiger partial charge >= 0.3 is 5.97 Å². The highest BCUT2D eigenvalue weighted by Gasteiger charge is 2.11. The van der Waals surface area contributed by atoms with Crippen molar-refractivity contribution in [3.05, 3.63) is 18.0 Å². The van der Waals surface area contributed by atoms with Crippen LogP contribution in [0.1, 0.15) is 5.56 Å². The Hall–Kier alpha value is -1.36. The molecule has 1 atom stereocenters. The molecule has 0 bridgehead atoms. The summed E-state index contributed by atoms with van der Waals surface area (Å²) in [5.41, 5.74) is 6.29. The number of nitrogens with two attached hydrogens (primary N) is 1. The smallest absolute Gasteiger partial charge is 0.322 e. The maximum Gasteiger partial charge on any atom is 0.322 e. The summed E-state index contributed by atoms with van der Waals surface area (Å²) in [6, 6.07) is -0.885. The first kappa shape index (κ1) is 8.73. The maximum atomic E-state index is 10.3. The number of carbonyl (C=O) groups is 1. The maximum absolute atomic E-state index is 10.3. The number of carboxylic acids is 1. The van der Waals surface area contributed by atoms with Crippen molar-refractivity contribution in [3.63, 3.8) is 0 Å². The van der Waals surface area contributed by atoms with E-state index in [0.29, 0.717) is 0 Å². The Balaban J connectivity index is 2.58. The van der Waals surface area contributed by atoms with E-state index in [1.54, 1.807) is 12.4 Å². The number of nitrogens with zero attached hydrogens (tertiary/aromatic N) is 2. The first-order chi connectivity index (χ1) is 5.59. The predicted molar refractivity (Wildman–Crippen MR) is 42.6 cm³/mol. The van der Waals surface area contributed by atoms with Crippen molar-refractivity contribution in [2.24, 2.45) is 5.73 Å². The Morgan fingerprint density at radius 3 is 3.00 bits per heavy atom. The number of hydrogen-bond donors (Lipinski definition) is 2. The Bertz CT molecular complexity index is 282. The summed E-state index contributed by atoms with van der Waals surface area (Å²) in [6.07, 6.45) is 3.41. The van der Waals surface area contributed by atoms with E-state index in [2.05, 4.69) is 5.10 Å². The lowest BCUT2D eigenvalue weighted by molar-refractivity contribution is -0.138. The molecule has 0 radical (unpaired) electrons. The summed E-state index contributed by atoms with van der Waals surface area (Å²) in [4.78, 5) is 10.3. The van der Waals surface area contributed by atoms with Crippen LogP contribution >= 0.6 is 0 Å². The topological polar surface area (TPSA) is 81.1 Å². The lowest BCUT2D eigenvalue weighted by atomic mass is 10.3. The summed E-state index contributed by atoms with van der Waals surface area (Å²) >= 11 is 0. The fourth-order valence-corrected chi connectivity index (χ4v) is 0.846. The zero-order valence-corrected chi connectivity index (χ0v) is 6.77. The zero-order chi connectivity index (χ0) is 9.14. The summed E-state index contributed by atoms with van der Waals surface area (Å²) in [5.74, 6) is -1.01. The highest BCUT2D eigenvalue weighted by molar-refractivity contribution is 5.72. The highest BCUT2D eigenvalue weighted by atomic mass is 16.4. The first-order valence-electron chi connectivity index (χ1n) is 3.57. The van der Waals surface area contributed by atoms with Gasteiger partial charge in [0.05, 0.1) is 12.7 Å². The Morgan fingerprint density at radius 1 is 1.92 bits per heavy atom. The molecule has 1 rings (SSSR count). The fraction of sp³-hybridized carbons (Fsp3) is 0.429. The molecule has 1 aromatic rings. The number of carboxylic acid groups (broad SMARTS) is 1. The fourth-order valence-electron chi connectivity index (χ4n) is 0.846. The van der Waals surface area contributed by atoms with Gasteiger partial charge in [0.1, 0.15) is 6.04 Å².